The highest BCUT2D eigenvalue weighted by molar-refractivity contribution is 7.22. The molecule has 0 aliphatic carbocycles. The summed E-state index contributed by atoms with van der Waals surface area (Å²) in [4.78, 5) is 41.0. The number of aryl methyl sites for hydroxylation is 1. The van der Waals surface area contributed by atoms with Gasteiger partial charge < -0.3 is 25.1 Å². The van der Waals surface area contributed by atoms with Crippen LogP contribution < -0.4 is 20.1 Å². The molecule has 0 spiro atoms. The van der Waals surface area contributed by atoms with E-state index in [1.54, 1.807) is 53.7 Å². The average molecular weight is 846 g/mol. The van der Waals surface area contributed by atoms with E-state index in [2.05, 4.69) is 52.7 Å². The molecule has 0 saturated heterocycles. The molecular weight excluding hydrogens is 815 g/mol. The highest BCUT2D eigenvalue weighted by atomic mass is 32.1. The predicted molar refractivity (Wildman–Crippen MR) is 245 cm³/mol. The third-order valence-corrected chi connectivity index (χ3v) is 11.7. The third-order valence-electron chi connectivity index (χ3n) is 9.84. The summed E-state index contributed by atoms with van der Waals surface area (Å²) in [5.41, 5.74) is 9.16. The minimum Gasteiger partial charge on any atom is -0.437 e. The summed E-state index contributed by atoms with van der Waals surface area (Å²) >= 11 is 3.21. The zero-order valence-corrected chi connectivity index (χ0v) is 34.3. The lowest BCUT2D eigenvalue weighted by atomic mass is 10.1. The summed E-state index contributed by atoms with van der Waals surface area (Å²) in [5, 5.41) is 9.25. The Labute approximate surface area is 361 Å². The maximum atomic E-state index is 6.46. The number of aromatic nitrogens is 9. The first-order valence-electron chi connectivity index (χ1n) is 19.4. The number of fused-ring (bicyclic) bond motifs is 3. The zero-order valence-electron chi connectivity index (χ0n) is 32.6. The zero-order chi connectivity index (χ0) is 41.4. The Bertz CT molecular complexity index is 3320. The number of thiazole rings is 2. The monoisotopic (exact) mass is 845 g/mol. The summed E-state index contributed by atoms with van der Waals surface area (Å²) in [5.74, 6) is 1.88. The van der Waals surface area contributed by atoms with Crippen molar-refractivity contribution in [2.45, 2.75) is 6.92 Å². The predicted octanol–water partition coefficient (Wildman–Crippen LogP) is 12.1. The highest BCUT2D eigenvalue weighted by Gasteiger charge is 2.18. The smallest absolute Gasteiger partial charge is 0.246 e. The van der Waals surface area contributed by atoms with Crippen LogP contribution in [0.2, 0.25) is 0 Å². The van der Waals surface area contributed by atoms with Crippen LogP contribution >= 0.6 is 22.7 Å². The van der Waals surface area contributed by atoms with E-state index in [1.807, 2.05) is 116 Å². The fourth-order valence-corrected chi connectivity index (χ4v) is 8.57. The largest absolute Gasteiger partial charge is 0.437 e. The lowest BCUT2D eigenvalue weighted by Crippen LogP contribution is -1.98. The van der Waals surface area contributed by atoms with Gasteiger partial charge in [-0.1, -0.05) is 46.9 Å². The molecule has 11 rings (SSSR count). The van der Waals surface area contributed by atoms with Gasteiger partial charge in [-0.15, -0.1) is 0 Å². The molecule has 13 nitrogen and oxygen atoms in total. The lowest BCUT2D eigenvalue weighted by molar-refractivity contribution is 0.462. The minimum absolute atomic E-state index is 0.328. The van der Waals surface area contributed by atoms with Gasteiger partial charge in [0.25, 0.3) is 0 Å². The molecule has 15 heteroatoms. The summed E-state index contributed by atoms with van der Waals surface area (Å²) in [6.45, 7) is 1.94. The van der Waals surface area contributed by atoms with E-state index < -0.39 is 0 Å². The SMILES string of the molecule is Cc1ccc(-c2ncc(-c3cc4cc(-c5nccnc5Oc5ccc(Nc6nc7ccccc7s6)cc5)cnc4[nH]3)nc2Oc2ccc(Nc3nc4ccccc4s3)cc2)cn1. The second-order valence-corrected chi connectivity index (χ2v) is 16.2. The van der Waals surface area contributed by atoms with Crippen molar-refractivity contribution < 1.29 is 9.47 Å². The molecule has 0 saturated carbocycles. The molecule has 0 amide bonds. The fraction of sp³-hybridized carbons (Fsp3) is 0.0213. The van der Waals surface area contributed by atoms with Crippen molar-refractivity contribution in [1.82, 2.24) is 44.9 Å². The second kappa shape index (κ2) is 15.8. The maximum absolute atomic E-state index is 6.46. The molecule has 0 radical (unpaired) electrons. The number of benzene rings is 4. The van der Waals surface area contributed by atoms with Crippen LogP contribution in [0.5, 0.6) is 23.3 Å². The van der Waals surface area contributed by atoms with Crippen molar-refractivity contribution in [3.8, 4) is 57.2 Å². The molecule has 0 atom stereocenters. The van der Waals surface area contributed by atoms with E-state index in [1.165, 1.54) is 0 Å². The first-order valence-corrected chi connectivity index (χ1v) is 21.1. The van der Waals surface area contributed by atoms with Gasteiger partial charge in [-0.05, 0) is 104 Å². The van der Waals surface area contributed by atoms with Crippen molar-refractivity contribution in [1.29, 1.82) is 0 Å². The number of para-hydroxylation sites is 2. The number of anilines is 4. The first kappa shape index (κ1) is 36.9. The van der Waals surface area contributed by atoms with Gasteiger partial charge in [0.05, 0.1) is 32.3 Å². The van der Waals surface area contributed by atoms with Crippen molar-refractivity contribution in [3.63, 3.8) is 0 Å². The van der Waals surface area contributed by atoms with Gasteiger partial charge in [-0.3, -0.25) is 4.98 Å². The minimum atomic E-state index is 0.328. The van der Waals surface area contributed by atoms with Gasteiger partial charge in [0.15, 0.2) is 10.3 Å². The topological polar surface area (TPSA) is 161 Å². The van der Waals surface area contributed by atoms with E-state index in [-0.39, 0.29) is 0 Å². The van der Waals surface area contributed by atoms with E-state index in [4.69, 9.17) is 24.4 Å². The van der Waals surface area contributed by atoms with Gasteiger partial charge in [0, 0.05) is 58.4 Å². The summed E-state index contributed by atoms with van der Waals surface area (Å²) in [6, 6.07) is 39.3. The normalized spacial score (nSPS) is 11.3. The molecular formula is C47H31N11O2S2. The second-order valence-electron chi connectivity index (χ2n) is 14.1. The number of aromatic amines is 1. The number of ether oxygens (including phenoxy) is 2. The number of H-pyrrole nitrogens is 1. The Morgan fingerprint density at radius 2 is 1.15 bits per heavy atom. The number of hydrogen-bond donors (Lipinski definition) is 3. The Kier molecular flexibility index (Phi) is 9.40. The Balaban J connectivity index is 0.843. The molecule has 298 valence electrons. The van der Waals surface area contributed by atoms with Crippen LogP contribution in [0.25, 0.3) is 65.4 Å². The first-order chi connectivity index (χ1) is 30.5. The average Bonchev–Trinajstić information content (AvgIpc) is 4.04. The molecule has 0 aliphatic rings. The third kappa shape index (κ3) is 7.60. The van der Waals surface area contributed by atoms with Crippen LogP contribution in [0.3, 0.4) is 0 Å². The van der Waals surface area contributed by atoms with Crippen LogP contribution in [0.15, 0.2) is 152 Å². The van der Waals surface area contributed by atoms with Crippen LogP contribution in [0.4, 0.5) is 21.6 Å². The van der Waals surface area contributed by atoms with E-state index in [0.29, 0.717) is 51.7 Å². The summed E-state index contributed by atoms with van der Waals surface area (Å²) in [7, 11) is 0. The van der Waals surface area contributed by atoms with Crippen LogP contribution in [-0.4, -0.2) is 44.9 Å². The van der Waals surface area contributed by atoms with Gasteiger partial charge in [-0.2, -0.15) is 0 Å². The Morgan fingerprint density at radius 3 is 1.79 bits per heavy atom. The molecule has 4 aromatic carbocycles. The van der Waals surface area contributed by atoms with Crippen molar-refractivity contribution in [2.75, 3.05) is 10.6 Å². The standard InChI is InChI=1S/C47H31N11O2S2/c1-27-10-11-28(24-50-27)41-45(60-34-18-14-32(15-19-34)54-47-58-36-7-3-5-9-40(36)62-47)56-38(26-51-41)37-23-29-22-30(25-52-43(29)55-37)42-44(49-21-20-48-42)59-33-16-12-31(13-17-33)53-46-57-35-6-2-4-8-39(35)61-46/h2-26H,1H3,(H,52,55)(H,53,57)(H,54,58). The summed E-state index contributed by atoms with van der Waals surface area (Å²) in [6.07, 6.45) is 8.47. The quantitative estimate of drug-likeness (QED) is 0.113. The van der Waals surface area contributed by atoms with Crippen LogP contribution in [-0.2, 0) is 0 Å². The van der Waals surface area contributed by atoms with Gasteiger partial charge in [-0.25, -0.2) is 34.9 Å². The molecule has 7 aromatic heterocycles. The Hall–Kier alpha value is -8.14. The van der Waals surface area contributed by atoms with Crippen LogP contribution in [0, 0.1) is 6.92 Å². The maximum Gasteiger partial charge on any atom is 0.246 e. The number of nitrogens with one attached hydrogen (secondary N) is 3. The molecule has 62 heavy (non-hydrogen) atoms. The van der Waals surface area contributed by atoms with Gasteiger partial charge in [0.2, 0.25) is 11.8 Å². The lowest BCUT2D eigenvalue weighted by Gasteiger charge is -2.12. The molecule has 0 aliphatic heterocycles. The van der Waals surface area contributed by atoms with E-state index >= 15 is 0 Å². The highest BCUT2D eigenvalue weighted by Crippen LogP contribution is 2.36. The number of pyridine rings is 2. The van der Waals surface area contributed by atoms with Crippen LogP contribution in [0.1, 0.15) is 5.69 Å². The number of hydrogen-bond acceptors (Lipinski definition) is 14. The van der Waals surface area contributed by atoms with Gasteiger partial charge >= 0.3 is 0 Å². The Morgan fingerprint density at radius 1 is 0.532 bits per heavy atom. The molecule has 7 heterocycles. The van der Waals surface area contributed by atoms with E-state index in [0.717, 1.165) is 64.3 Å². The van der Waals surface area contributed by atoms with Crippen molar-refractivity contribution in [2.24, 2.45) is 0 Å². The van der Waals surface area contributed by atoms with Crippen molar-refractivity contribution >= 4 is 75.8 Å². The number of nitrogens with zero attached hydrogens (tertiary/aromatic N) is 8. The molecule has 0 bridgehead atoms. The fourth-order valence-electron chi connectivity index (χ4n) is 6.79. The molecule has 0 unspecified atom stereocenters. The van der Waals surface area contributed by atoms with E-state index in [9.17, 15) is 0 Å². The number of rotatable bonds is 11. The van der Waals surface area contributed by atoms with Crippen molar-refractivity contribution in [3.05, 3.63) is 158 Å². The molecule has 11 aromatic rings. The molecule has 0 fully saturated rings. The molecule has 3 N–H and O–H groups in total. The summed E-state index contributed by atoms with van der Waals surface area (Å²) < 4.78 is 15.0. The van der Waals surface area contributed by atoms with Gasteiger partial charge in [0.1, 0.15) is 34.2 Å².